The van der Waals surface area contributed by atoms with Crippen molar-refractivity contribution < 1.29 is 14.7 Å². The van der Waals surface area contributed by atoms with Crippen LogP contribution in [0.4, 0.5) is 0 Å². The highest BCUT2D eigenvalue weighted by molar-refractivity contribution is 5.89. The van der Waals surface area contributed by atoms with E-state index in [1.807, 2.05) is 38.1 Å². The van der Waals surface area contributed by atoms with Crippen molar-refractivity contribution in [1.82, 2.24) is 4.90 Å². The van der Waals surface area contributed by atoms with Gasteiger partial charge in [-0.2, -0.15) is 0 Å². The molecule has 0 aliphatic rings. The lowest BCUT2D eigenvalue weighted by Gasteiger charge is -2.29. The number of hydrogen-bond acceptors (Lipinski definition) is 2. The molecule has 0 unspecified atom stereocenters. The van der Waals surface area contributed by atoms with Crippen molar-refractivity contribution in [2.45, 2.75) is 32.6 Å². The van der Waals surface area contributed by atoms with Crippen molar-refractivity contribution in [3.63, 3.8) is 0 Å². The second-order valence-corrected chi connectivity index (χ2v) is 5.23. The van der Waals surface area contributed by atoms with E-state index >= 15 is 0 Å². The first-order chi connectivity index (χ1) is 8.78. The van der Waals surface area contributed by atoms with E-state index < -0.39 is 11.4 Å². The molecule has 1 N–H and O–H groups in total. The second kappa shape index (κ2) is 5.87. The summed E-state index contributed by atoms with van der Waals surface area (Å²) < 4.78 is 0. The minimum atomic E-state index is -1.01. The molecule has 1 amide bonds. The van der Waals surface area contributed by atoms with Crippen molar-refractivity contribution in [3.8, 4) is 0 Å². The van der Waals surface area contributed by atoms with Gasteiger partial charge in [-0.15, -0.1) is 0 Å². The highest BCUT2D eigenvalue weighted by Gasteiger charge is 2.32. The largest absolute Gasteiger partial charge is 0.480 e. The van der Waals surface area contributed by atoms with Crippen molar-refractivity contribution >= 4 is 11.9 Å². The third-order valence-electron chi connectivity index (χ3n) is 3.34. The van der Waals surface area contributed by atoms with Crippen molar-refractivity contribution in [3.05, 3.63) is 35.4 Å². The lowest BCUT2D eigenvalue weighted by molar-refractivity contribution is -0.145. The van der Waals surface area contributed by atoms with E-state index in [2.05, 4.69) is 6.92 Å². The maximum absolute atomic E-state index is 12.3. The Bertz CT molecular complexity index is 463. The lowest BCUT2D eigenvalue weighted by Crippen LogP contribution is -2.43. The fourth-order valence-corrected chi connectivity index (χ4v) is 2.03. The molecule has 0 fully saturated rings. The molecule has 0 heterocycles. The summed E-state index contributed by atoms with van der Waals surface area (Å²) in [7, 11) is 1.51. The van der Waals surface area contributed by atoms with Crippen LogP contribution in [0.25, 0.3) is 0 Å². The minimum Gasteiger partial charge on any atom is -0.480 e. The summed E-state index contributed by atoms with van der Waals surface area (Å²) in [6.45, 7) is 5.42. The van der Waals surface area contributed by atoms with Gasteiger partial charge in [0.25, 0.3) is 0 Å². The van der Waals surface area contributed by atoms with E-state index in [1.54, 1.807) is 0 Å². The molecule has 0 bridgehead atoms. The van der Waals surface area contributed by atoms with Gasteiger partial charge in [0, 0.05) is 7.05 Å². The van der Waals surface area contributed by atoms with E-state index in [9.17, 15) is 9.59 Å². The molecular weight excluding hydrogens is 242 g/mol. The zero-order chi connectivity index (χ0) is 14.6. The third kappa shape index (κ3) is 3.56. The molecular formula is C15H21NO3. The number of likely N-dealkylation sites (N-methyl/N-ethyl adjacent to an activating group) is 1. The smallest absolute Gasteiger partial charge is 0.323 e. The predicted octanol–water partition coefficient (Wildman–Crippen LogP) is 2.07. The Balaban J connectivity index is 2.94. The molecule has 1 rings (SSSR count). The number of aryl methyl sites for hydroxylation is 1. The number of carboxylic acids is 1. The monoisotopic (exact) mass is 263 g/mol. The number of benzene rings is 1. The van der Waals surface area contributed by atoms with Crippen LogP contribution in [0, 0.1) is 0 Å². The molecule has 0 saturated heterocycles. The van der Waals surface area contributed by atoms with Gasteiger partial charge >= 0.3 is 5.97 Å². The zero-order valence-corrected chi connectivity index (χ0v) is 11.9. The van der Waals surface area contributed by atoms with Crippen LogP contribution >= 0.6 is 0 Å². The van der Waals surface area contributed by atoms with Crippen LogP contribution in [0.3, 0.4) is 0 Å². The number of carbonyl (C=O) groups is 2. The van der Waals surface area contributed by atoms with Crippen LogP contribution in [0.1, 0.15) is 31.9 Å². The molecule has 0 saturated carbocycles. The van der Waals surface area contributed by atoms with E-state index in [-0.39, 0.29) is 12.5 Å². The summed E-state index contributed by atoms with van der Waals surface area (Å²) in [6, 6.07) is 7.87. The summed E-state index contributed by atoms with van der Waals surface area (Å²) in [5.74, 6) is -1.20. The Morgan fingerprint density at radius 3 is 2.16 bits per heavy atom. The lowest BCUT2D eigenvalue weighted by atomic mass is 9.83. The van der Waals surface area contributed by atoms with Gasteiger partial charge in [-0.1, -0.05) is 31.2 Å². The molecule has 0 atom stereocenters. The van der Waals surface area contributed by atoms with E-state index in [1.165, 1.54) is 17.5 Å². The molecule has 0 aromatic heterocycles. The Hall–Kier alpha value is -1.84. The van der Waals surface area contributed by atoms with Crippen LogP contribution in [-0.4, -0.2) is 35.5 Å². The van der Waals surface area contributed by atoms with Crippen molar-refractivity contribution in [1.29, 1.82) is 0 Å². The first-order valence-corrected chi connectivity index (χ1v) is 6.35. The summed E-state index contributed by atoms with van der Waals surface area (Å²) in [5, 5.41) is 8.74. The number of nitrogens with zero attached hydrogens (tertiary/aromatic N) is 1. The molecule has 4 heteroatoms. The van der Waals surface area contributed by atoms with Crippen LogP contribution in [0.15, 0.2) is 24.3 Å². The fourth-order valence-electron chi connectivity index (χ4n) is 2.03. The quantitative estimate of drug-likeness (QED) is 0.884. The topological polar surface area (TPSA) is 57.6 Å². The zero-order valence-electron chi connectivity index (χ0n) is 11.9. The molecule has 0 radical (unpaired) electrons. The van der Waals surface area contributed by atoms with Crippen molar-refractivity contribution in [2.24, 2.45) is 0 Å². The number of carboxylic acid groups (broad SMARTS) is 1. The van der Waals surface area contributed by atoms with Gasteiger partial charge < -0.3 is 10.0 Å². The van der Waals surface area contributed by atoms with Crippen LogP contribution in [-0.2, 0) is 21.4 Å². The summed E-state index contributed by atoms with van der Waals surface area (Å²) in [4.78, 5) is 24.2. The highest BCUT2D eigenvalue weighted by atomic mass is 16.4. The van der Waals surface area contributed by atoms with E-state index in [0.717, 1.165) is 12.0 Å². The van der Waals surface area contributed by atoms with Crippen LogP contribution in [0.2, 0.25) is 0 Å². The van der Waals surface area contributed by atoms with Gasteiger partial charge in [0.15, 0.2) is 0 Å². The summed E-state index contributed by atoms with van der Waals surface area (Å²) >= 11 is 0. The van der Waals surface area contributed by atoms with Gasteiger partial charge in [-0.3, -0.25) is 9.59 Å². The number of aliphatic carboxylic acids is 1. The van der Waals surface area contributed by atoms with Gasteiger partial charge in [0.05, 0.1) is 5.41 Å². The minimum absolute atomic E-state index is 0.195. The summed E-state index contributed by atoms with van der Waals surface area (Å²) in [6.07, 6.45) is 0.952. The van der Waals surface area contributed by atoms with Gasteiger partial charge in [0.2, 0.25) is 5.91 Å². The first kappa shape index (κ1) is 15.2. The Kier molecular flexibility index (Phi) is 4.70. The van der Waals surface area contributed by atoms with Gasteiger partial charge in [-0.25, -0.2) is 0 Å². The standard InChI is InChI=1S/C15H21NO3/c1-5-11-6-8-12(9-7-11)15(2,3)14(19)16(4)10-13(17)18/h6-9H,5,10H2,1-4H3,(H,17,18). The molecule has 0 spiro atoms. The maximum atomic E-state index is 12.3. The number of hydrogen-bond donors (Lipinski definition) is 1. The van der Waals surface area contributed by atoms with Crippen LogP contribution in [0.5, 0.6) is 0 Å². The second-order valence-electron chi connectivity index (χ2n) is 5.23. The molecule has 19 heavy (non-hydrogen) atoms. The molecule has 104 valence electrons. The van der Waals surface area contributed by atoms with Gasteiger partial charge in [0.1, 0.15) is 6.54 Å². The molecule has 1 aromatic carbocycles. The van der Waals surface area contributed by atoms with Crippen LogP contribution < -0.4 is 0 Å². The first-order valence-electron chi connectivity index (χ1n) is 6.35. The average molecular weight is 263 g/mol. The number of carbonyl (C=O) groups excluding carboxylic acids is 1. The SMILES string of the molecule is CCc1ccc(C(C)(C)C(=O)N(C)CC(=O)O)cc1. The highest BCUT2D eigenvalue weighted by Crippen LogP contribution is 2.25. The summed E-state index contributed by atoms with van der Waals surface area (Å²) in [5.41, 5.74) is 1.38. The molecule has 0 aliphatic carbocycles. The Morgan fingerprint density at radius 2 is 1.74 bits per heavy atom. The number of amides is 1. The Morgan fingerprint density at radius 1 is 1.21 bits per heavy atom. The van der Waals surface area contributed by atoms with E-state index in [0.29, 0.717) is 0 Å². The molecule has 1 aromatic rings. The normalized spacial score (nSPS) is 11.2. The predicted molar refractivity (Wildman–Crippen MR) is 74.1 cm³/mol. The van der Waals surface area contributed by atoms with Gasteiger partial charge in [-0.05, 0) is 31.4 Å². The fraction of sp³-hybridized carbons (Fsp3) is 0.467. The molecule has 4 nitrogen and oxygen atoms in total. The maximum Gasteiger partial charge on any atom is 0.323 e. The van der Waals surface area contributed by atoms with E-state index in [4.69, 9.17) is 5.11 Å². The number of rotatable bonds is 5. The third-order valence-corrected chi connectivity index (χ3v) is 3.34. The Labute approximate surface area is 114 Å². The van der Waals surface area contributed by atoms with Crippen molar-refractivity contribution in [2.75, 3.05) is 13.6 Å². The molecule has 0 aliphatic heterocycles. The average Bonchev–Trinajstić information content (AvgIpc) is 2.37.